The van der Waals surface area contributed by atoms with Gasteiger partial charge in [-0.25, -0.2) is 0 Å². The monoisotopic (exact) mass is 438 g/mol. The minimum atomic E-state index is -0.404. The Morgan fingerprint density at radius 2 is 0.839 bits per heavy atom. The number of carbonyl (C=O) groups is 1. The van der Waals surface area contributed by atoms with Gasteiger partial charge in [-0.05, 0) is 12.8 Å². The summed E-state index contributed by atoms with van der Waals surface area (Å²) < 4.78 is 0. The molecule has 0 amide bonds. The van der Waals surface area contributed by atoms with Crippen LogP contribution in [0.5, 0.6) is 0 Å². The predicted molar refractivity (Wildman–Crippen MR) is 138 cm³/mol. The van der Waals surface area contributed by atoms with E-state index in [0.717, 1.165) is 19.3 Å². The molecule has 0 rings (SSSR count). The molecule has 0 aromatic carbocycles. The van der Waals surface area contributed by atoms with E-state index in [1.54, 1.807) is 0 Å². The van der Waals surface area contributed by atoms with E-state index in [1.807, 2.05) is 0 Å². The molecular weight excluding hydrogens is 380 g/mol. The third-order valence-electron chi connectivity index (χ3n) is 6.66. The molecule has 0 heterocycles. The van der Waals surface area contributed by atoms with Crippen molar-refractivity contribution in [1.29, 1.82) is 0 Å². The van der Waals surface area contributed by atoms with Crippen LogP contribution in [-0.4, -0.2) is 17.0 Å². The van der Waals surface area contributed by atoms with Crippen molar-refractivity contribution in [1.82, 2.24) is 0 Å². The molecule has 0 saturated heterocycles. The van der Waals surface area contributed by atoms with E-state index >= 15 is 0 Å². The molecule has 0 bridgehead atoms. The maximum Gasteiger partial charge on any atom is 0.135 e. The molecule has 2 nitrogen and oxygen atoms in total. The van der Waals surface area contributed by atoms with Gasteiger partial charge in [-0.1, -0.05) is 149 Å². The molecule has 2 heteroatoms. The third-order valence-corrected chi connectivity index (χ3v) is 6.66. The molecule has 0 spiro atoms. The molecular formula is C29H58O2. The molecule has 0 saturated carbocycles. The van der Waals surface area contributed by atoms with E-state index in [9.17, 15) is 9.90 Å². The Kier molecular flexibility index (Phi) is 25.6. The van der Waals surface area contributed by atoms with Gasteiger partial charge in [0.2, 0.25) is 0 Å². The number of carbonyl (C=O) groups excluding carboxylic acids is 1. The van der Waals surface area contributed by atoms with E-state index in [4.69, 9.17) is 0 Å². The average Bonchev–Trinajstić information content (AvgIpc) is 2.75. The van der Waals surface area contributed by atoms with E-state index in [2.05, 4.69) is 13.8 Å². The summed E-state index contributed by atoms with van der Waals surface area (Å²) in [6, 6.07) is 0. The number of unbranched alkanes of at least 4 members (excludes halogenated alkanes) is 20. The minimum Gasteiger partial charge on any atom is -0.393 e. The summed E-state index contributed by atoms with van der Waals surface area (Å²) in [5, 5.41) is 10.1. The van der Waals surface area contributed by atoms with Gasteiger partial charge in [-0.3, -0.25) is 4.79 Å². The van der Waals surface area contributed by atoms with Crippen LogP contribution in [0.15, 0.2) is 0 Å². The zero-order valence-electron chi connectivity index (χ0n) is 21.6. The first-order chi connectivity index (χ1) is 15.2. The first-order valence-electron chi connectivity index (χ1n) is 14.4. The summed E-state index contributed by atoms with van der Waals surface area (Å²) in [6.07, 6.45) is 30.5. The van der Waals surface area contributed by atoms with Crippen molar-refractivity contribution in [3.8, 4) is 0 Å². The SMILES string of the molecule is CCCCCCCCCCCCCCC(O)CC(=O)CCCCCCCCCCCC. The Bertz CT molecular complexity index is 353. The lowest BCUT2D eigenvalue weighted by atomic mass is 10.0. The lowest BCUT2D eigenvalue weighted by Gasteiger charge is -2.10. The molecule has 1 N–H and O–H groups in total. The van der Waals surface area contributed by atoms with Crippen molar-refractivity contribution < 1.29 is 9.90 Å². The molecule has 0 radical (unpaired) electrons. The summed E-state index contributed by atoms with van der Waals surface area (Å²) in [7, 11) is 0. The second kappa shape index (κ2) is 25.9. The second-order valence-corrected chi connectivity index (χ2v) is 10.0. The van der Waals surface area contributed by atoms with Crippen LogP contribution in [0.25, 0.3) is 0 Å². The number of hydrogen-bond donors (Lipinski definition) is 1. The normalized spacial score (nSPS) is 12.4. The highest BCUT2D eigenvalue weighted by molar-refractivity contribution is 5.78. The zero-order chi connectivity index (χ0) is 22.8. The second-order valence-electron chi connectivity index (χ2n) is 10.0. The van der Waals surface area contributed by atoms with Gasteiger partial charge in [-0.2, -0.15) is 0 Å². The standard InChI is InChI=1S/C29H58O2/c1-3-5-7-9-11-13-15-16-18-20-22-24-26-29(31)27-28(30)25-23-21-19-17-14-12-10-8-6-4-2/h29,31H,3-27H2,1-2H3. The smallest absolute Gasteiger partial charge is 0.135 e. The number of aliphatic hydroxyl groups excluding tert-OH is 1. The predicted octanol–water partition coefficient (Wildman–Crippen LogP) is 9.71. The number of ketones is 1. The van der Waals surface area contributed by atoms with Crippen molar-refractivity contribution in [2.45, 2.75) is 180 Å². The maximum atomic E-state index is 12.0. The number of aliphatic hydroxyl groups is 1. The number of hydrogen-bond acceptors (Lipinski definition) is 2. The molecule has 0 aromatic rings. The molecule has 186 valence electrons. The minimum absolute atomic E-state index is 0.269. The Labute approximate surface area is 196 Å². The topological polar surface area (TPSA) is 37.3 Å². The van der Waals surface area contributed by atoms with Gasteiger partial charge >= 0.3 is 0 Å². The summed E-state index contributed by atoms with van der Waals surface area (Å²) in [6.45, 7) is 4.54. The molecule has 1 atom stereocenters. The van der Waals surface area contributed by atoms with Crippen molar-refractivity contribution in [2.75, 3.05) is 0 Å². The van der Waals surface area contributed by atoms with Gasteiger partial charge in [0.05, 0.1) is 6.10 Å². The van der Waals surface area contributed by atoms with Crippen LogP contribution < -0.4 is 0 Å². The van der Waals surface area contributed by atoms with Crippen LogP contribution in [0.4, 0.5) is 0 Å². The molecule has 0 aliphatic carbocycles. The van der Waals surface area contributed by atoms with E-state index in [-0.39, 0.29) is 5.78 Å². The number of Topliss-reactive ketones (excluding diaryl/α,β-unsaturated/α-hetero) is 1. The fraction of sp³-hybridized carbons (Fsp3) is 0.966. The molecule has 0 aromatic heterocycles. The van der Waals surface area contributed by atoms with Crippen molar-refractivity contribution in [2.24, 2.45) is 0 Å². The molecule has 31 heavy (non-hydrogen) atoms. The first kappa shape index (κ1) is 30.6. The maximum absolute atomic E-state index is 12.0. The zero-order valence-corrected chi connectivity index (χ0v) is 21.6. The summed E-state index contributed by atoms with van der Waals surface area (Å²) in [5.74, 6) is 0.269. The van der Waals surface area contributed by atoms with Gasteiger partial charge in [0, 0.05) is 12.8 Å². The first-order valence-corrected chi connectivity index (χ1v) is 14.4. The van der Waals surface area contributed by atoms with Crippen molar-refractivity contribution >= 4 is 5.78 Å². The molecule has 0 aliphatic heterocycles. The Balaban J connectivity index is 3.29. The highest BCUT2D eigenvalue weighted by Gasteiger charge is 2.10. The van der Waals surface area contributed by atoms with Crippen LogP contribution in [0.3, 0.4) is 0 Å². The molecule has 0 fully saturated rings. The van der Waals surface area contributed by atoms with Crippen LogP contribution in [-0.2, 0) is 4.79 Å². The van der Waals surface area contributed by atoms with Crippen LogP contribution in [0, 0.1) is 0 Å². The lowest BCUT2D eigenvalue weighted by Crippen LogP contribution is -2.13. The van der Waals surface area contributed by atoms with E-state index in [1.165, 1.54) is 128 Å². The summed E-state index contributed by atoms with van der Waals surface area (Å²) in [5.41, 5.74) is 0. The van der Waals surface area contributed by atoms with E-state index in [0.29, 0.717) is 12.8 Å². The van der Waals surface area contributed by atoms with E-state index < -0.39 is 6.10 Å². The lowest BCUT2D eigenvalue weighted by molar-refractivity contribution is -0.121. The van der Waals surface area contributed by atoms with Gasteiger partial charge in [0.25, 0.3) is 0 Å². The summed E-state index contributed by atoms with van der Waals surface area (Å²) >= 11 is 0. The highest BCUT2D eigenvalue weighted by Crippen LogP contribution is 2.15. The van der Waals surface area contributed by atoms with Crippen LogP contribution in [0.2, 0.25) is 0 Å². The molecule has 1 unspecified atom stereocenters. The third kappa shape index (κ3) is 25.8. The Morgan fingerprint density at radius 1 is 0.516 bits per heavy atom. The highest BCUT2D eigenvalue weighted by atomic mass is 16.3. The molecule has 0 aliphatic rings. The van der Waals surface area contributed by atoms with Crippen molar-refractivity contribution in [3.05, 3.63) is 0 Å². The van der Waals surface area contributed by atoms with Gasteiger partial charge in [0.1, 0.15) is 5.78 Å². The largest absolute Gasteiger partial charge is 0.393 e. The van der Waals surface area contributed by atoms with Gasteiger partial charge in [0.15, 0.2) is 0 Å². The van der Waals surface area contributed by atoms with Crippen LogP contribution in [0.1, 0.15) is 174 Å². The quantitative estimate of drug-likeness (QED) is 0.136. The van der Waals surface area contributed by atoms with Crippen molar-refractivity contribution in [3.63, 3.8) is 0 Å². The summed E-state index contributed by atoms with van der Waals surface area (Å²) in [4.78, 5) is 12.0. The average molecular weight is 439 g/mol. The van der Waals surface area contributed by atoms with Gasteiger partial charge in [-0.15, -0.1) is 0 Å². The fourth-order valence-corrected chi connectivity index (χ4v) is 4.50. The Morgan fingerprint density at radius 3 is 1.23 bits per heavy atom. The van der Waals surface area contributed by atoms with Gasteiger partial charge < -0.3 is 5.11 Å². The fourth-order valence-electron chi connectivity index (χ4n) is 4.50. The Hall–Kier alpha value is -0.370. The number of rotatable bonds is 26. The van der Waals surface area contributed by atoms with Crippen LogP contribution >= 0.6 is 0 Å².